The van der Waals surface area contributed by atoms with E-state index in [1.54, 1.807) is 6.07 Å². The van der Waals surface area contributed by atoms with Crippen LogP contribution in [0.1, 0.15) is 33.6 Å². The maximum atomic E-state index is 12.1. The molecule has 0 saturated carbocycles. The molecule has 1 amide bonds. The minimum atomic E-state index is -0.511. The van der Waals surface area contributed by atoms with Crippen LogP contribution in [-0.4, -0.2) is 25.6 Å². The molecule has 2 aromatic rings. The van der Waals surface area contributed by atoms with Crippen molar-refractivity contribution in [3.63, 3.8) is 0 Å². The molecule has 0 atom stereocenters. The fourth-order valence-electron chi connectivity index (χ4n) is 3.17. The van der Waals surface area contributed by atoms with Crippen LogP contribution in [0.2, 0.25) is 0 Å². The van der Waals surface area contributed by atoms with Crippen LogP contribution < -0.4 is 10.1 Å². The number of nitrogens with one attached hydrogen (secondary N) is 1. The van der Waals surface area contributed by atoms with Crippen molar-refractivity contribution in [3.05, 3.63) is 45.3 Å². The van der Waals surface area contributed by atoms with Crippen molar-refractivity contribution >= 4 is 28.2 Å². The first kappa shape index (κ1) is 18.9. The molecule has 0 radical (unpaired) electrons. The predicted octanol–water partition coefficient (Wildman–Crippen LogP) is 3.15. The highest BCUT2D eigenvalue weighted by Crippen LogP contribution is 2.38. The maximum absolute atomic E-state index is 12.1. The third kappa shape index (κ3) is 4.29. The van der Waals surface area contributed by atoms with Gasteiger partial charge in [0.25, 0.3) is 5.91 Å². The zero-order chi connectivity index (χ0) is 19.4. The SMILES string of the molecule is COc1ccc(C)cc1CC(=O)OCC(=O)Nc1sc2c(c1C#N)CCC2. The highest BCUT2D eigenvalue weighted by atomic mass is 32.1. The number of hydrogen-bond acceptors (Lipinski definition) is 6. The van der Waals surface area contributed by atoms with Crippen LogP contribution in [0.25, 0.3) is 0 Å². The summed E-state index contributed by atoms with van der Waals surface area (Å²) >= 11 is 1.43. The molecule has 3 rings (SSSR count). The molecule has 27 heavy (non-hydrogen) atoms. The van der Waals surface area contributed by atoms with Gasteiger partial charge in [-0.15, -0.1) is 11.3 Å². The van der Waals surface area contributed by atoms with E-state index < -0.39 is 11.9 Å². The largest absolute Gasteiger partial charge is 0.496 e. The molecule has 1 N–H and O–H groups in total. The van der Waals surface area contributed by atoms with E-state index in [1.165, 1.54) is 18.4 Å². The van der Waals surface area contributed by atoms with Crippen molar-refractivity contribution in [2.75, 3.05) is 19.0 Å². The molecule has 1 aromatic carbocycles. The van der Waals surface area contributed by atoms with Crippen LogP contribution in [-0.2, 0) is 33.6 Å². The van der Waals surface area contributed by atoms with E-state index in [0.29, 0.717) is 21.9 Å². The molecule has 0 saturated heterocycles. The number of methoxy groups -OCH3 is 1. The molecule has 0 aliphatic heterocycles. The monoisotopic (exact) mass is 384 g/mol. The standard InChI is InChI=1S/C20H20N2O4S/c1-12-6-7-16(25-2)13(8-12)9-19(24)26-11-18(23)22-20-15(10-21)14-4-3-5-17(14)27-20/h6-8H,3-5,9,11H2,1-2H3,(H,22,23). The van der Waals surface area contributed by atoms with Gasteiger partial charge in [0.2, 0.25) is 0 Å². The Morgan fingerprint density at radius 1 is 1.33 bits per heavy atom. The lowest BCUT2D eigenvalue weighted by molar-refractivity contribution is -0.146. The number of nitriles is 1. The number of carbonyl (C=O) groups is 2. The Labute approximate surface area is 161 Å². The van der Waals surface area contributed by atoms with Gasteiger partial charge in [-0.1, -0.05) is 17.7 Å². The van der Waals surface area contributed by atoms with Gasteiger partial charge >= 0.3 is 5.97 Å². The van der Waals surface area contributed by atoms with Crippen LogP contribution in [0, 0.1) is 18.3 Å². The molecule has 1 heterocycles. The van der Waals surface area contributed by atoms with Crippen molar-refractivity contribution in [2.45, 2.75) is 32.6 Å². The van der Waals surface area contributed by atoms with Gasteiger partial charge in [0, 0.05) is 10.4 Å². The second kappa shape index (κ2) is 8.23. The highest BCUT2D eigenvalue weighted by molar-refractivity contribution is 7.16. The molecule has 0 spiro atoms. The lowest BCUT2D eigenvalue weighted by Gasteiger charge is -2.10. The summed E-state index contributed by atoms with van der Waals surface area (Å²) in [6, 6.07) is 7.72. The number of fused-ring (bicyclic) bond motifs is 1. The fourth-order valence-corrected chi connectivity index (χ4v) is 4.43. The van der Waals surface area contributed by atoms with Gasteiger partial charge in [-0.2, -0.15) is 5.26 Å². The summed E-state index contributed by atoms with van der Waals surface area (Å²) in [6.45, 7) is 1.54. The Bertz CT molecular complexity index is 927. The maximum Gasteiger partial charge on any atom is 0.310 e. The third-order valence-corrected chi connectivity index (χ3v) is 5.63. The first-order valence-electron chi connectivity index (χ1n) is 8.65. The van der Waals surface area contributed by atoms with Gasteiger partial charge < -0.3 is 14.8 Å². The molecule has 0 bridgehead atoms. The molecule has 1 aromatic heterocycles. The lowest BCUT2D eigenvalue weighted by atomic mass is 10.1. The summed E-state index contributed by atoms with van der Waals surface area (Å²) in [5.41, 5.74) is 3.30. The van der Waals surface area contributed by atoms with Gasteiger partial charge in [0.05, 0.1) is 19.1 Å². The van der Waals surface area contributed by atoms with Crippen molar-refractivity contribution in [2.24, 2.45) is 0 Å². The zero-order valence-corrected chi connectivity index (χ0v) is 16.1. The smallest absolute Gasteiger partial charge is 0.310 e. The lowest BCUT2D eigenvalue weighted by Crippen LogP contribution is -2.21. The summed E-state index contributed by atoms with van der Waals surface area (Å²) in [5.74, 6) is -0.354. The van der Waals surface area contributed by atoms with Crippen molar-refractivity contribution in [1.82, 2.24) is 0 Å². The summed E-state index contributed by atoms with van der Waals surface area (Å²) < 4.78 is 10.3. The number of hydrogen-bond donors (Lipinski definition) is 1. The summed E-state index contributed by atoms with van der Waals surface area (Å²) in [5, 5.41) is 12.6. The van der Waals surface area contributed by atoms with Crippen LogP contribution >= 0.6 is 11.3 Å². The Kier molecular flexibility index (Phi) is 5.77. The Morgan fingerprint density at radius 2 is 2.15 bits per heavy atom. The van der Waals surface area contributed by atoms with Crippen molar-refractivity contribution in [1.29, 1.82) is 5.26 Å². The van der Waals surface area contributed by atoms with Crippen molar-refractivity contribution < 1.29 is 19.1 Å². The van der Waals surface area contributed by atoms with E-state index in [2.05, 4.69) is 11.4 Å². The van der Waals surface area contributed by atoms with Gasteiger partial charge in [-0.25, -0.2) is 0 Å². The van der Waals surface area contributed by atoms with E-state index in [-0.39, 0.29) is 13.0 Å². The van der Waals surface area contributed by atoms with Gasteiger partial charge in [-0.05, 0) is 37.8 Å². The fraction of sp³-hybridized carbons (Fsp3) is 0.350. The average molecular weight is 384 g/mol. The summed E-state index contributed by atoms with van der Waals surface area (Å²) in [6.07, 6.45) is 2.88. The number of rotatable bonds is 6. The molecule has 0 unspecified atom stereocenters. The molecule has 7 heteroatoms. The van der Waals surface area contributed by atoms with E-state index in [1.807, 2.05) is 19.1 Å². The quantitative estimate of drug-likeness (QED) is 0.773. The van der Waals surface area contributed by atoms with E-state index >= 15 is 0 Å². The molecular weight excluding hydrogens is 364 g/mol. The highest BCUT2D eigenvalue weighted by Gasteiger charge is 2.23. The second-order valence-electron chi connectivity index (χ2n) is 6.37. The van der Waals surface area contributed by atoms with Crippen LogP contribution in [0.3, 0.4) is 0 Å². The average Bonchev–Trinajstić information content (AvgIpc) is 3.20. The minimum absolute atomic E-state index is 0.0227. The first-order valence-corrected chi connectivity index (χ1v) is 9.47. The van der Waals surface area contributed by atoms with E-state index in [4.69, 9.17) is 9.47 Å². The van der Waals surface area contributed by atoms with Gasteiger partial charge in [-0.3, -0.25) is 9.59 Å². The Balaban J connectivity index is 1.56. The molecule has 1 aliphatic rings. The van der Waals surface area contributed by atoms with Crippen LogP contribution in [0.4, 0.5) is 5.00 Å². The zero-order valence-electron chi connectivity index (χ0n) is 15.3. The summed E-state index contributed by atoms with van der Waals surface area (Å²) in [4.78, 5) is 25.4. The first-order chi connectivity index (χ1) is 13.0. The Hall–Kier alpha value is -2.85. The minimum Gasteiger partial charge on any atom is -0.496 e. The van der Waals surface area contributed by atoms with E-state index in [0.717, 1.165) is 35.3 Å². The molecule has 6 nitrogen and oxygen atoms in total. The van der Waals surface area contributed by atoms with Crippen molar-refractivity contribution in [3.8, 4) is 11.8 Å². The van der Waals surface area contributed by atoms with Gasteiger partial charge in [0.15, 0.2) is 6.61 Å². The number of esters is 1. The molecule has 0 fully saturated rings. The number of benzene rings is 1. The Morgan fingerprint density at radius 3 is 2.89 bits per heavy atom. The third-order valence-electron chi connectivity index (χ3n) is 4.42. The van der Waals surface area contributed by atoms with Crippen LogP contribution in [0.15, 0.2) is 18.2 Å². The number of amides is 1. The normalized spacial score (nSPS) is 12.2. The number of ether oxygens (including phenoxy) is 2. The number of nitrogens with zero attached hydrogens (tertiary/aromatic N) is 1. The topological polar surface area (TPSA) is 88.4 Å². The van der Waals surface area contributed by atoms with E-state index in [9.17, 15) is 14.9 Å². The predicted molar refractivity (Wildman–Crippen MR) is 102 cm³/mol. The molecule has 140 valence electrons. The number of anilines is 1. The second-order valence-corrected chi connectivity index (χ2v) is 7.48. The number of carbonyl (C=O) groups excluding carboxylic acids is 2. The molecular formula is C20H20N2O4S. The number of aryl methyl sites for hydroxylation is 2. The van der Waals surface area contributed by atoms with Crippen LogP contribution in [0.5, 0.6) is 5.75 Å². The molecule has 1 aliphatic carbocycles. The number of thiophene rings is 1. The summed E-state index contributed by atoms with van der Waals surface area (Å²) in [7, 11) is 1.54. The van der Waals surface area contributed by atoms with Gasteiger partial charge in [0.1, 0.15) is 16.8 Å².